The summed E-state index contributed by atoms with van der Waals surface area (Å²) < 4.78 is 10.5. The van der Waals surface area contributed by atoms with Crippen LogP contribution in [0.15, 0.2) is 0 Å². The van der Waals surface area contributed by atoms with E-state index < -0.39 is 0 Å². The standard InChI is InChI=1S/C10H20.C8H16O2.C5H13N/c1-3-9-5-7-10(4-2)8-6-9;1-9-7-3-5-8(10-2)6-4-7;1-5(2)6(3)4/h9-10H,3-8H2,1-2H3;7-8H,3-6H2,1-2H3;5H,1-4H3. The zero-order chi connectivity index (χ0) is 19.9. The molecule has 2 aliphatic rings. The highest BCUT2D eigenvalue weighted by Gasteiger charge is 2.19. The SMILES string of the molecule is CC(C)N(C)C.CCC1CCC(CC)CC1.COC1CCC(OC)CC1. The van der Waals surface area contributed by atoms with E-state index in [9.17, 15) is 0 Å². The van der Waals surface area contributed by atoms with Crippen LogP contribution in [0.1, 0.15) is 91.9 Å². The third kappa shape index (κ3) is 12.3. The van der Waals surface area contributed by atoms with Gasteiger partial charge in [0.15, 0.2) is 0 Å². The Kier molecular flexibility index (Phi) is 15.8. The minimum atomic E-state index is 0.492. The van der Waals surface area contributed by atoms with Gasteiger partial charge in [-0.15, -0.1) is 0 Å². The van der Waals surface area contributed by atoms with Crippen LogP contribution < -0.4 is 0 Å². The van der Waals surface area contributed by atoms with Gasteiger partial charge in [-0.2, -0.15) is 0 Å². The van der Waals surface area contributed by atoms with Gasteiger partial charge < -0.3 is 14.4 Å². The Morgan fingerprint density at radius 3 is 1.12 bits per heavy atom. The molecular weight excluding hydrogens is 322 g/mol. The summed E-state index contributed by atoms with van der Waals surface area (Å²) in [6, 6.07) is 0.685. The van der Waals surface area contributed by atoms with Crippen molar-refractivity contribution in [3.63, 3.8) is 0 Å². The van der Waals surface area contributed by atoms with Crippen molar-refractivity contribution in [3.8, 4) is 0 Å². The van der Waals surface area contributed by atoms with Crippen molar-refractivity contribution in [1.29, 1.82) is 0 Å². The maximum Gasteiger partial charge on any atom is 0.0573 e. The molecule has 0 heterocycles. The summed E-state index contributed by atoms with van der Waals surface area (Å²) in [5.41, 5.74) is 0. The number of ether oxygens (including phenoxy) is 2. The third-order valence-electron chi connectivity index (χ3n) is 6.44. The second-order valence-electron chi connectivity index (χ2n) is 8.63. The maximum atomic E-state index is 5.23. The molecule has 2 aliphatic carbocycles. The number of hydrogen-bond acceptors (Lipinski definition) is 3. The molecule has 158 valence electrons. The van der Waals surface area contributed by atoms with Crippen LogP contribution in [0, 0.1) is 11.8 Å². The zero-order valence-corrected chi connectivity index (χ0v) is 19.2. The summed E-state index contributed by atoms with van der Waals surface area (Å²) in [7, 11) is 7.73. The molecule has 0 aliphatic heterocycles. The van der Waals surface area contributed by atoms with Gasteiger partial charge in [0, 0.05) is 20.3 Å². The van der Waals surface area contributed by atoms with Crippen LogP contribution in [0.25, 0.3) is 0 Å². The molecular formula is C23H49NO2. The zero-order valence-electron chi connectivity index (χ0n) is 19.2. The van der Waals surface area contributed by atoms with E-state index in [0.29, 0.717) is 18.2 Å². The van der Waals surface area contributed by atoms with Gasteiger partial charge in [-0.3, -0.25) is 0 Å². The molecule has 0 radical (unpaired) electrons. The van der Waals surface area contributed by atoms with Crippen molar-refractivity contribution in [2.75, 3.05) is 28.3 Å². The molecule has 0 spiro atoms. The Balaban J connectivity index is 0.000000375. The van der Waals surface area contributed by atoms with E-state index in [4.69, 9.17) is 9.47 Å². The van der Waals surface area contributed by atoms with Gasteiger partial charge in [-0.1, -0.05) is 52.4 Å². The highest BCUT2D eigenvalue weighted by Crippen LogP contribution is 2.31. The Bertz CT molecular complexity index is 237. The second kappa shape index (κ2) is 15.9. The van der Waals surface area contributed by atoms with Crippen molar-refractivity contribution in [3.05, 3.63) is 0 Å². The van der Waals surface area contributed by atoms with Crippen LogP contribution >= 0.6 is 0 Å². The van der Waals surface area contributed by atoms with Gasteiger partial charge in [0.1, 0.15) is 0 Å². The van der Waals surface area contributed by atoms with E-state index in [1.807, 2.05) is 0 Å². The third-order valence-corrected chi connectivity index (χ3v) is 6.44. The van der Waals surface area contributed by atoms with Gasteiger partial charge >= 0.3 is 0 Å². The summed E-state index contributed by atoms with van der Waals surface area (Å²) in [6.45, 7) is 8.99. The molecule has 3 heteroatoms. The first-order valence-electron chi connectivity index (χ1n) is 11.1. The minimum absolute atomic E-state index is 0.492. The predicted molar refractivity (Wildman–Crippen MR) is 115 cm³/mol. The van der Waals surface area contributed by atoms with Crippen molar-refractivity contribution in [1.82, 2.24) is 4.90 Å². The molecule has 0 bridgehead atoms. The smallest absolute Gasteiger partial charge is 0.0573 e. The van der Waals surface area contributed by atoms with Gasteiger partial charge in [-0.25, -0.2) is 0 Å². The number of methoxy groups -OCH3 is 2. The highest BCUT2D eigenvalue weighted by molar-refractivity contribution is 4.72. The average Bonchev–Trinajstić information content (AvgIpc) is 2.69. The molecule has 0 amide bonds. The van der Waals surface area contributed by atoms with E-state index in [0.717, 1.165) is 37.5 Å². The number of nitrogens with zero attached hydrogens (tertiary/aromatic N) is 1. The molecule has 0 atom stereocenters. The summed E-state index contributed by atoms with van der Waals surface area (Å²) >= 11 is 0. The fourth-order valence-corrected chi connectivity index (χ4v) is 3.55. The van der Waals surface area contributed by atoms with Crippen molar-refractivity contribution >= 4 is 0 Å². The average molecular weight is 372 g/mol. The highest BCUT2D eigenvalue weighted by atomic mass is 16.5. The molecule has 0 aromatic rings. The fourth-order valence-electron chi connectivity index (χ4n) is 3.55. The maximum absolute atomic E-state index is 5.23. The van der Waals surface area contributed by atoms with E-state index in [1.54, 1.807) is 14.2 Å². The molecule has 0 unspecified atom stereocenters. The van der Waals surface area contributed by atoms with E-state index in [2.05, 4.69) is 46.7 Å². The molecule has 2 rings (SSSR count). The molecule has 2 fully saturated rings. The van der Waals surface area contributed by atoms with Crippen LogP contribution in [-0.4, -0.2) is 51.5 Å². The predicted octanol–water partition coefficient (Wildman–Crippen LogP) is 6.16. The van der Waals surface area contributed by atoms with E-state index in [1.165, 1.54) is 38.5 Å². The van der Waals surface area contributed by atoms with Crippen LogP contribution in [-0.2, 0) is 9.47 Å². The van der Waals surface area contributed by atoms with Gasteiger partial charge in [-0.05, 0) is 65.5 Å². The first kappa shape index (κ1) is 25.9. The molecule has 3 nitrogen and oxygen atoms in total. The van der Waals surface area contributed by atoms with Gasteiger partial charge in [0.25, 0.3) is 0 Å². The van der Waals surface area contributed by atoms with Crippen LogP contribution in [0.5, 0.6) is 0 Å². The van der Waals surface area contributed by atoms with Gasteiger partial charge in [0.2, 0.25) is 0 Å². The number of rotatable bonds is 5. The Morgan fingerprint density at radius 1 is 0.692 bits per heavy atom. The second-order valence-corrected chi connectivity index (χ2v) is 8.63. The molecule has 0 aromatic heterocycles. The molecule has 2 saturated carbocycles. The van der Waals surface area contributed by atoms with E-state index in [-0.39, 0.29) is 0 Å². The topological polar surface area (TPSA) is 21.7 Å². The Labute approximate surface area is 165 Å². The summed E-state index contributed by atoms with van der Waals surface area (Å²) in [5, 5.41) is 0. The molecule has 0 N–H and O–H groups in total. The Morgan fingerprint density at radius 2 is 0.962 bits per heavy atom. The quantitative estimate of drug-likeness (QED) is 0.577. The first-order chi connectivity index (χ1) is 12.4. The number of hydrogen-bond donors (Lipinski definition) is 0. The van der Waals surface area contributed by atoms with Crippen molar-refractivity contribution in [2.45, 2.75) is 110 Å². The van der Waals surface area contributed by atoms with Crippen LogP contribution in [0.4, 0.5) is 0 Å². The lowest BCUT2D eigenvalue weighted by molar-refractivity contribution is 0.00454. The minimum Gasteiger partial charge on any atom is -0.381 e. The molecule has 26 heavy (non-hydrogen) atoms. The normalized spacial score (nSPS) is 28.8. The van der Waals surface area contributed by atoms with Crippen LogP contribution in [0.3, 0.4) is 0 Å². The fraction of sp³-hybridized carbons (Fsp3) is 1.00. The van der Waals surface area contributed by atoms with E-state index >= 15 is 0 Å². The molecule has 0 aromatic carbocycles. The lowest BCUT2D eigenvalue weighted by atomic mass is 9.80. The van der Waals surface area contributed by atoms with Crippen LogP contribution in [0.2, 0.25) is 0 Å². The van der Waals surface area contributed by atoms with Crippen molar-refractivity contribution < 1.29 is 9.47 Å². The summed E-state index contributed by atoms with van der Waals surface area (Å²) in [4.78, 5) is 2.17. The lowest BCUT2D eigenvalue weighted by Crippen LogP contribution is -2.24. The molecule has 0 saturated heterocycles. The summed E-state index contributed by atoms with van der Waals surface area (Å²) in [5.74, 6) is 2.14. The monoisotopic (exact) mass is 371 g/mol. The van der Waals surface area contributed by atoms with Crippen molar-refractivity contribution in [2.24, 2.45) is 11.8 Å². The largest absolute Gasteiger partial charge is 0.381 e. The van der Waals surface area contributed by atoms with Gasteiger partial charge in [0.05, 0.1) is 12.2 Å². The lowest BCUT2D eigenvalue weighted by Gasteiger charge is -2.26. The Hall–Kier alpha value is -0.120. The summed E-state index contributed by atoms with van der Waals surface area (Å²) in [6.07, 6.45) is 14.5. The first-order valence-corrected chi connectivity index (χ1v) is 11.1.